The van der Waals surface area contributed by atoms with Crippen LogP contribution in [0.15, 0.2) is 24.3 Å². The minimum Gasteiger partial charge on any atom is -0.492 e. The third kappa shape index (κ3) is 2.72. The number of amides is 1. The van der Waals surface area contributed by atoms with Crippen molar-refractivity contribution in [2.75, 3.05) is 6.61 Å². The van der Waals surface area contributed by atoms with Crippen LogP contribution in [-0.2, 0) is 4.79 Å². The lowest BCUT2D eigenvalue weighted by Crippen LogP contribution is -2.15. The van der Waals surface area contributed by atoms with E-state index in [1.807, 2.05) is 6.07 Å². The first-order chi connectivity index (χ1) is 8.16. The summed E-state index contributed by atoms with van der Waals surface area (Å²) in [6.07, 6.45) is 4.06. The van der Waals surface area contributed by atoms with Crippen molar-refractivity contribution in [2.24, 2.45) is 5.73 Å². The Hall–Kier alpha value is -2.10. The van der Waals surface area contributed by atoms with Crippen molar-refractivity contribution < 1.29 is 14.3 Å². The normalized spacial score (nSPS) is 14.5. The van der Waals surface area contributed by atoms with Gasteiger partial charge in [-0.3, -0.25) is 9.59 Å². The molecule has 4 nitrogen and oxygen atoms in total. The van der Waals surface area contributed by atoms with Gasteiger partial charge in [0.05, 0.1) is 12.2 Å². The molecule has 0 fully saturated rings. The fourth-order valence-corrected chi connectivity index (χ4v) is 1.69. The van der Waals surface area contributed by atoms with Crippen LogP contribution in [-0.4, -0.2) is 18.3 Å². The molecular formula is C13H13NO3. The van der Waals surface area contributed by atoms with E-state index in [0.717, 1.165) is 5.56 Å². The molecule has 0 bridgehead atoms. The lowest BCUT2D eigenvalue weighted by molar-refractivity contribution is -0.117. The Morgan fingerprint density at radius 2 is 2.29 bits per heavy atom. The van der Waals surface area contributed by atoms with Gasteiger partial charge in [-0.1, -0.05) is 18.2 Å². The van der Waals surface area contributed by atoms with Gasteiger partial charge in [-0.25, -0.2) is 0 Å². The molecule has 1 aromatic carbocycles. The molecule has 0 spiro atoms. The lowest BCUT2D eigenvalue weighted by Gasteiger charge is -2.16. The first-order valence-electron chi connectivity index (χ1n) is 5.42. The molecule has 0 unspecified atom stereocenters. The summed E-state index contributed by atoms with van der Waals surface area (Å²) in [7, 11) is 0. The van der Waals surface area contributed by atoms with Crippen LogP contribution < -0.4 is 10.5 Å². The van der Waals surface area contributed by atoms with Crippen molar-refractivity contribution in [3.63, 3.8) is 0 Å². The highest BCUT2D eigenvalue weighted by Gasteiger charge is 2.17. The molecule has 0 atom stereocenters. The molecule has 1 aliphatic heterocycles. The number of fused-ring (bicyclic) bond motifs is 1. The Bertz CT molecular complexity index is 491. The van der Waals surface area contributed by atoms with Crippen LogP contribution in [0.5, 0.6) is 5.75 Å². The van der Waals surface area contributed by atoms with Gasteiger partial charge in [0.25, 0.3) is 0 Å². The summed E-state index contributed by atoms with van der Waals surface area (Å²) in [6, 6.07) is 5.39. The van der Waals surface area contributed by atoms with Crippen LogP contribution in [0.2, 0.25) is 0 Å². The van der Waals surface area contributed by atoms with Crippen molar-refractivity contribution in [3.05, 3.63) is 35.4 Å². The highest BCUT2D eigenvalue weighted by molar-refractivity contribution is 6.00. The second kappa shape index (κ2) is 4.82. The van der Waals surface area contributed by atoms with Crippen molar-refractivity contribution in [1.29, 1.82) is 0 Å². The monoisotopic (exact) mass is 231 g/mol. The molecule has 88 valence electrons. The molecule has 2 N–H and O–H groups in total. The van der Waals surface area contributed by atoms with Gasteiger partial charge in [0, 0.05) is 12.8 Å². The summed E-state index contributed by atoms with van der Waals surface area (Å²) in [4.78, 5) is 22.2. The minimum absolute atomic E-state index is 0.0939. The summed E-state index contributed by atoms with van der Waals surface area (Å²) >= 11 is 0. The Kier molecular flexibility index (Phi) is 3.23. The average molecular weight is 231 g/mol. The Morgan fingerprint density at radius 3 is 3.06 bits per heavy atom. The minimum atomic E-state index is -0.376. The number of primary amides is 1. The number of carbonyl (C=O) groups excluding carboxylic acids is 2. The molecule has 0 radical (unpaired) electrons. The van der Waals surface area contributed by atoms with Gasteiger partial charge in [-0.2, -0.15) is 0 Å². The van der Waals surface area contributed by atoms with Crippen LogP contribution in [0.4, 0.5) is 0 Å². The Morgan fingerprint density at radius 1 is 1.47 bits per heavy atom. The predicted molar refractivity (Wildman–Crippen MR) is 63.7 cm³/mol. The highest BCUT2D eigenvalue weighted by atomic mass is 16.5. The van der Waals surface area contributed by atoms with Gasteiger partial charge in [0.15, 0.2) is 5.78 Å². The number of benzene rings is 1. The maximum Gasteiger partial charge on any atom is 0.221 e. The van der Waals surface area contributed by atoms with E-state index in [0.29, 0.717) is 24.3 Å². The second-order valence-electron chi connectivity index (χ2n) is 3.85. The van der Waals surface area contributed by atoms with Crippen molar-refractivity contribution in [3.8, 4) is 5.75 Å². The number of ketones is 1. The van der Waals surface area contributed by atoms with E-state index >= 15 is 0 Å². The Labute approximate surface area is 99.1 Å². The number of Topliss-reactive ketones (excluding diaryl/α,β-unsaturated/α-hetero) is 1. The van der Waals surface area contributed by atoms with Crippen LogP contribution in [0.25, 0.3) is 6.08 Å². The highest BCUT2D eigenvalue weighted by Crippen LogP contribution is 2.26. The molecule has 1 amide bonds. The quantitative estimate of drug-likeness (QED) is 0.857. The zero-order chi connectivity index (χ0) is 12.3. The molecular weight excluding hydrogens is 218 g/mol. The molecule has 1 heterocycles. The van der Waals surface area contributed by atoms with E-state index in [2.05, 4.69) is 0 Å². The lowest BCUT2D eigenvalue weighted by atomic mass is 10.0. The smallest absolute Gasteiger partial charge is 0.221 e. The van der Waals surface area contributed by atoms with E-state index in [9.17, 15) is 9.59 Å². The molecule has 4 heteroatoms. The first-order valence-corrected chi connectivity index (χ1v) is 5.42. The van der Waals surface area contributed by atoms with Gasteiger partial charge in [-0.05, 0) is 17.7 Å². The van der Waals surface area contributed by atoms with Gasteiger partial charge >= 0.3 is 0 Å². The SMILES string of the molecule is NC(=O)CC=Cc1ccc2c(c1)C(=O)CCO2. The first kappa shape index (κ1) is 11.4. The van der Waals surface area contributed by atoms with E-state index in [1.165, 1.54) is 0 Å². The van der Waals surface area contributed by atoms with E-state index in [-0.39, 0.29) is 18.1 Å². The largest absolute Gasteiger partial charge is 0.492 e. The van der Waals surface area contributed by atoms with E-state index < -0.39 is 0 Å². The Balaban J connectivity index is 2.20. The number of nitrogens with two attached hydrogens (primary N) is 1. The maximum absolute atomic E-state index is 11.6. The summed E-state index contributed by atoms with van der Waals surface area (Å²) in [6.45, 7) is 0.447. The van der Waals surface area contributed by atoms with Gasteiger partial charge < -0.3 is 10.5 Å². The molecule has 2 rings (SSSR count). The van der Waals surface area contributed by atoms with E-state index in [1.54, 1.807) is 24.3 Å². The second-order valence-corrected chi connectivity index (χ2v) is 3.85. The number of carbonyl (C=O) groups is 2. The fraction of sp³-hybridized carbons (Fsp3) is 0.231. The molecule has 0 saturated carbocycles. The molecule has 0 aliphatic carbocycles. The summed E-state index contributed by atoms with van der Waals surface area (Å²) in [5.74, 6) is 0.350. The molecule has 1 aliphatic rings. The van der Waals surface area contributed by atoms with Gasteiger partial charge in [0.2, 0.25) is 5.91 Å². The van der Waals surface area contributed by atoms with Crippen LogP contribution in [0, 0.1) is 0 Å². The van der Waals surface area contributed by atoms with Crippen molar-refractivity contribution in [2.45, 2.75) is 12.8 Å². The summed E-state index contributed by atoms with van der Waals surface area (Å²) in [5.41, 5.74) is 6.50. The van der Waals surface area contributed by atoms with Crippen LogP contribution in [0.1, 0.15) is 28.8 Å². The zero-order valence-electron chi connectivity index (χ0n) is 9.31. The fourth-order valence-electron chi connectivity index (χ4n) is 1.69. The van der Waals surface area contributed by atoms with Gasteiger partial charge in [-0.15, -0.1) is 0 Å². The number of rotatable bonds is 3. The number of hydrogen-bond acceptors (Lipinski definition) is 3. The van der Waals surface area contributed by atoms with Crippen LogP contribution >= 0.6 is 0 Å². The topological polar surface area (TPSA) is 69.4 Å². The van der Waals surface area contributed by atoms with E-state index in [4.69, 9.17) is 10.5 Å². The predicted octanol–water partition coefficient (Wildman–Crippen LogP) is 1.54. The maximum atomic E-state index is 11.6. The van der Waals surface area contributed by atoms with Crippen LogP contribution in [0.3, 0.4) is 0 Å². The number of hydrogen-bond donors (Lipinski definition) is 1. The summed E-state index contributed by atoms with van der Waals surface area (Å²) in [5, 5.41) is 0. The standard InChI is InChI=1S/C13H13NO3/c14-13(16)3-1-2-9-4-5-12-10(8-9)11(15)6-7-17-12/h1-2,4-5,8H,3,6-7H2,(H2,14,16). The van der Waals surface area contributed by atoms with Gasteiger partial charge in [0.1, 0.15) is 5.75 Å². The number of ether oxygens (including phenoxy) is 1. The summed E-state index contributed by atoms with van der Waals surface area (Å²) < 4.78 is 5.37. The molecule has 0 saturated heterocycles. The molecule has 1 aromatic rings. The third-order valence-corrected chi connectivity index (χ3v) is 2.52. The molecule has 0 aromatic heterocycles. The third-order valence-electron chi connectivity index (χ3n) is 2.52. The zero-order valence-corrected chi connectivity index (χ0v) is 9.31. The van der Waals surface area contributed by atoms with Crippen molar-refractivity contribution >= 4 is 17.8 Å². The average Bonchev–Trinajstić information content (AvgIpc) is 2.30. The molecule has 17 heavy (non-hydrogen) atoms. The van der Waals surface area contributed by atoms with Crippen molar-refractivity contribution in [1.82, 2.24) is 0 Å².